The Balaban J connectivity index is 2.22. The fourth-order valence-electron chi connectivity index (χ4n) is 1.94. The molecule has 4 nitrogen and oxygen atoms in total. The number of halogens is 1. The summed E-state index contributed by atoms with van der Waals surface area (Å²) < 4.78 is 0. The van der Waals surface area contributed by atoms with Crippen LogP contribution in [-0.4, -0.2) is 10.9 Å². The van der Waals surface area contributed by atoms with Gasteiger partial charge in [0, 0.05) is 16.9 Å². The topological polar surface area (TPSA) is 65.8 Å². The molecule has 1 aromatic heterocycles. The van der Waals surface area contributed by atoms with Crippen LogP contribution in [0.1, 0.15) is 35.0 Å². The van der Waals surface area contributed by atoms with E-state index in [0.717, 1.165) is 18.5 Å². The van der Waals surface area contributed by atoms with Gasteiger partial charge in [-0.05, 0) is 36.8 Å². The minimum atomic E-state index is -0.272. The van der Waals surface area contributed by atoms with Crippen LogP contribution in [0.3, 0.4) is 0 Å². The molecular formula is C16H14ClN3O. The molecule has 106 valence electrons. The van der Waals surface area contributed by atoms with Crippen LogP contribution in [0.2, 0.25) is 5.15 Å². The Kier molecular flexibility index (Phi) is 4.91. The number of nitrogens with one attached hydrogen (secondary N) is 1. The number of aryl methyl sites for hydroxylation is 1. The van der Waals surface area contributed by atoms with Crippen molar-refractivity contribution in [2.24, 2.45) is 0 Å². The van der Waals surface area contributed by atoms with Crippen LogP contribution < -0.4 is 5.32 Å². The Hall–Kier alpha value is -2.38. The molecule has 0 saturated carbocycles. The van der Waals surface area contributed by atoms with Crippen molar-refractivity contribution in [3.63, 3.8) is 0 Å². The molecule has 0 aliphatic rings. The third-order valence-electron chi connectivity index (χ3n) is 2.87. The Morgan fingerprint density at radius 3 is 2.90 bits per heavy atom. The van der Waals surface area contributed by atoms with Gasteiger partial charge in [0.2, 0.25) is 0 Å². The summed E-state index contributed by atoms with van der Waals surface area (Å²) in [7, 11) is 0. The summed E-state index contributed by atoms with van der Waals surface area (Å²) >= 11 is 5.95. The molecule has 0 radical (unpaired) electrons. The predicted octanol–water partition coefficient (Wildman–Crippen LogP) is 3.81. The molecular weight excluding hydrogens is 286 g/mol. The number of amides is 1. The zero-order valence-electron chi connectivity index (χ0n) is 11.6. The van der Waals surface area contributed by atoms with Crippen molar-refractivity contribution >= 4 is 23.2 Å². The standard InChI is InChI=1S/C16H14ClN3O/c1-2-4-13-8-12(9-15(17)19-13)16(21)20-14-6-3-5-11(7-14)10-18/h3,5-9H,2,4H2,1H3,(H,20,21). The SMILES string of the molecule is CCCc1cc(C(=O)Nc2cccc(C#N)c2)cc(Cl)n1. The minimum Gasteiger partial charge on any atom is -0.322 e. The number of benzene rings is 1. The number of nitrogens with zero attached hydrogens (tertiary/aromatic N) is 2. The van der Waals surface area contributed by atoms with Gasteiger partial charge in [0.1, 0.15) is 5.15 Å². The number of carbonyl (C=O) groups is 1. The first-order chi connectivity index (χ1) is 10.1. The Labute approximate surface area is 128 Å². The summed E-state index contributed by atoms with van der Waals surface area (Å²) in [5.41, 5.74) is 2.32. The fourth-order valence-corrected chi connectivity index (χ4v) is 2.16. The van der Waals surface area contributed by atoms with E-state index in [4.69, 9.17) is 16.9 Å². The van der Waals surface area contributed by atoms with Crippen molar-refractivity contribution in [3.05, 3.63) is 58.4 Å². The second-order valence-electron chi connectivity index (χ2n) is 4.57. The Morgan fingerprint density at radius 1 is 1.38 bits per heavy atom. The van der Waals surface area contributed by atoms with Crippen molar-refractivity contribution in [2.45, 2.75) is 19.8 Å². The second-order valence-corrected chi connectivity index (χ2v) is 4.95. The van der Waals surface area contributed by atoms with E-state index in [1.807, 2.05) is 13.0 Å². The average molecular weight is 300 g/mol. The molecule has 21 heavy (non-hydrogen) atoms. The monoisotopic (exact) mass is 299 g/mol. The molecule has 0 atom stereocenters. The predicted molar refractivity (Wildman–Crippen MR) is 82.4 cm³/mol. The van der Waals surface area contributed by atoms with E-state index in [0.29, 0.717) is 22.0 Å². The van der Waals surface area contributed by atoms with Gasteiger partial charge in [0.05, 0.1) is 11.6 Å². The van der Waals surface area contributed by atoms with Crippen LogP contribution in [-0.2, 0) is 6.42 Å². The molecule has 0 fully saturated rings. The molecule has 1 N–H and O–H groups in total. The molecule has 2 rings (SSSR count). The van der Waals surface area contributed by atoms with Crippen LogP contribution in [0.4, 0.5) is 5.69 Å². The zero-order valence-corrected chi connectivity index (χ0v) is 12.3. The molecule has 0 spiro atoms. The first kappa shape index (κ1) is 15.0. The second kappa shape index (κ2) is 6.87. The summed E-state index contributed by atoms with van der Waals surface area (Å²) in [6.45, 7) is 2.04. The highest BCUT2D eigenvalue weighted by Crippen LogP contribution is 2.15. The lowest BCUT2D eigenvalue weighted by Crippen LogP contribution is -2.13. The van der Waals surface area contributed by atoms with Gasteiger partial charge < -0.3 is 5.32 Å². The molecule has 1 heterocycles. The fraction of sp³-hybridized carbons (Fsp3) is 0.188. The molecule has 1 amide bonds. The number of rotatable bonds is 4. The number of nitriles is 1. The molecule has 0 aliphatic carbocycles. The molecule has 0 bridgehead atoms. The van der Waals surface area contributed by atoms with Crippen molar-refractivity contribution in [3.8, 4) is 6.07 Å². The van der Waals surface area contributed by atoms with Gasteiger partial charge in [0.15, 0.2) is 0 Å². The third-order valence-corrected chi connectivity index (χ3v) is 3.06. The van der Waals surface area contributed by atoms with Crippen molar-refractivity contribution in [1.82, 2.24) is 4.98 Å². The van der Waals surface area contributed by atoms with Gasteiger partial charge in [-0.1, -0.05) is 31.0 Å². The minimum absolute atomic E-state index is 0.272. The molecule has 1 aromatic carbocycles. The van der Waals surface area contributed by atoms with Gasteiger partial charge in [-0.15, -0.1) is 0 Å². The largest absolute Gasteiger partial charge is 0.322 e. The molecule has 0 saturated heterocycles. The highest BCUT2D eigenvalue weighted by Gasteiger charge is 2.10. The van der Waals surface area contributed by atoms with Crippen LogP contribution in [0, 0.1) is 11.3 Å². The maximum absolute atomic E-state index is 12.2. The Bertz CT molecular complexity index is 707. The maximum atomic E-state index is 12.2. The van der Waals surface area contributed by atoms with Crippen molar-refractivity contribution in [2.75, 3.05) is 5.32 Å². The summed E-state index contributed by atoms with van der Waals surface area (Å²) in [5, 5.41) is 11.9. The van der Waals surface area contributed by atoms with Crippen LogP contribution in [0.5, 0.6) is 0 Å². The summed E-state index contributed by atoms with van der Waals surface area (Å²) in [5.74, 6) is -0.272. The number of pyridine rings is 1. The number of hydrogen-bond donors (Lipinski definition) is 1. The van der Waals surface area contributed by atoms with Gasteiger partial charge in [-0.2, -0.15) is 5.26 Å². The van der Waals surface area contributed by atoms with Gasteiger partial charge >= 0.3 is 0 Å². The van der Waals surface area contributed by atoms with E-state index >= 15 is 0 Å². The highest BCUT2D eigenvalue weighted by molar-refractivity contribution is 6.29. The normalized spacial score (nSPS) is 9.95. The zero-order chi connectivity index (χ0) is 15.2. The summed E-state index contributed by atoms with van der Waals surface area (Å²) in [4.78, 5) is 16.4. The van der Waals surface area contributed by atoms with Crippen LogP contribution >= 0.6 is 11.6 Å². The number of hydrogen-bond acceptors (Lipinski definition) is 3. The van der Waals surface area contributed by atoms with E-state index in [1.165, 1.54) is 6.07 Å². The molecule has 5 heteroatoms. The van der Waals surface area contributed by atoms with Crippen LogP contribution in [0.15, 0.2) is 36.4 Å². The van der Waals surface area contributed by atoms with E-state index < -0.39 is 0 Å². The molecule has 0 unspecified atom stereocenters. The smallest absolute Gasteiger partial charge is 0.255 e. The van der Waals surface area contributed by atoms with Gasteiger partial charge in [-0.3, -0.25) is 4.79 Å². The van der Waals surface area contributed by atoms with E-state index in [-0.39, 0.29) is 5.91 Å². The first-order valence-corrected chi connectivity index (χ1v) is 6.98. The van der Waals surface area contributed by atoms with Crippen molar-refractivity contribution < 1.29 is 4.79 Å². The Morgan fingerprint density at radius 2 is 2.19 bits per heavy atom. The first-order valence-electron chi connectivity index (χ1n) is 6.60. The molecule has 2 aromatic rings. The van der Waals surface area contributed by atoms with E-state index in [1.54, 1.807) is 30.3 Å². The lowest BCUT2D eigenvalue weighted by molar-refractivity contribution is 0.102. The number of anilines is 1. The summed E-state index contributed by atoms with van der Waals surface area (Å²) in [6, 6.07) is 12.0. The average Bonchev–Trinajstić information content (AvgIpc) is 2.47. The number of aromatic nitrogens is 1. The van der Waals surface area contributed by atoms with Crippen LogP contribution in [0.25, 0.3) is 0 Å². The quantitative estimate of drug-likeness (QED) is 0.873. The van der Waals surface area contributed by atoms with Crippen molar-refractivity contribution in [1.29, 1.82) is 5.26 Å². The van der Waals surface area contributed by atoms with Gasteiger partial charge in [0.25, 0.3) is 5.91 Å². The maximum Gasteiger partial charge on any atom is 0.255 e. The van der Waals surface area contributed by atoms with Gasteiger partial charge in [-0.25, -0.2) is 4.98 Å². The lowest BCUT2D eigenvalue weighted by Gasteiger charge is -2.07. The lowest BCUT2D eigenvalue weighted by atomic mass is 10.1. The molecule has 0 aliphatic heterocycles. The summed E-state index contributed by atoms with van der Waals surface area (Å²) in [6.07, 6.45) is 1.70. The third kappa shape index (κ3) is 4.04. The van der Waals surface area contributed by atoms with E-state index in [9.17, 15) is 4.79 Å². The number of carbonyl (C=O) groups excluding carboxylic acids is 1. The highest BCUT2D eigenvalue weighted by atomic mass is 35.5. The van der Waals surface area contributed by atoms with E-state index in [2.05, 4.69) is 10.3 Å².